The van der Waals surface area contributed by atoms with Crippen LogP contribution in [-0.4, -0.2) is 41.0 Å². The number of hydrogen-bond acceptors (Lipinski definition) is 6. The van der Waals surface area contributed by atoms with Crippen LogP contribution in [0, 0.1) is 0 Å². The molecule has 0 unspecified atom stereocenters. The number of cyclic esters (lactones) is 1. The molecule has 0 atom stereocenters. The van der Waals surface area contributed by atoms with Crippen LogP contribution in [0.25, 0.3) is 0 Å². The quantitative estimate of drug-likeness (QED) is 0.630. The summed E-state index contributed by atoms with van der Waals surface area (Å²) in [6.07, 6.45) is 2.25. The van der Waals surface area contributed by atoms with Gasteiger partial charge in [0.05, 0.1) is 6.54 Å². The molecule has 4 rings (SSSR count). The van der Waals surface area contributed by atoms with E-state index in [2.05, 4.69) is 20.6 Å². The van der Waals surface area contributed by atoms with Gasteiger partial charge in [-0.2, -0.15) is 0 Å². The monoisotopic (exact) mass is 437 g/mol. The van der Waals surface area contributed by atoms with E-state index < -0.39 is 17.9 Å². The summed E-state index contributed by atoms with van der Waals surface area (Å²) in [5, 5.41) is 5.87. The highest BCUT2D eigenvalue weighted by molar-refractivity contribution is 6.30. The Bertz CT molecular complexity index is 1140. The van der Waals surface area contributed by atoms with Gasteiger partial charge in [0.2, 0.25) is 0 Å². The maximum absolute atomic E-state index is 12.7. The molecular formula is C21H16ClN5O4. The molecule has 1 aliphatic rings. The highest BCUT2D eigenvalue weighted by atomic mass is 35.5. The minimum Gasteiger partial charge on any atom is -0.447 e. The number of aromatic nitrogens is 2. The normalized spacial score (nSPS) is 12.9. The summed E-state index contributed by atoms with van der Waals surface area (Å²) in [5.41, 5.74) is 1.38. The summed E-state index contributed by atoms with van der Waals surface area (Å²) in [7, 11) is 0. The number of benzene rings is 2. The van der Waals surface area contributed by atoms with Crippen molar-refractivity contribution >= 4 is 46.6 Å². The van der Waals surface area contributed by atoms with Crippen LogP contribution in [0.5, 0.6) is 0 Å². The molecular weight excluding hydrogens is 422 g/mol. The molecule has 2 N–H and O–H groups in total. The number of nitrogens with one attached hydrogen (secondary N) is 2. The fraction of sp³-hybridized carbons (Fsp3) is 0.0952. The molecule has 3 aromatic rings. The van der Waals surface area contributed by atoms with E-state index in [-0.39, 0.29) is 11.4 Å². The fourth-order valence-corrected chi connectivity index (χ4v) is 3.06. The summed E-state index contributed by atoms with van der Waals surface area (Å²) < 4.78 is 4.91. The van der Waals surface area contributed by atoms with Crippen LogP contribution in [0.15, 0.2) is 60.9 Å². The number of anilines is 3. The largest absolute Gasteiger partial charge is 0.447 e. The molecule has 0 spiro atoms. The van der Waals surface area contributed by atoms with E-state index in [1.165, 1.54) is 17.3 Å². The lowest BCUT2D eigenvalue weighted by molar-refractivity contribution is 0.0983. The van der Waals surface area contributed by atoms with Crippen molar-refractivity contribution in [2.75, 3.05) is 28.7 Å². The zero-order chi connectivity index (χ0) is 21.8. The van der Waals surface area contributed by atoms with Crippen LogP contribution >= 0.6 is 11.6 Å². The third-order valence-electron chi connectivity index (χ3n) is 4.43. The molecule has 9 nitrogen and oxygen atoms in total. The van der Waals surface area contributed by atoms with Gasteiger partial charge in [-0.05, 0) is 48.5 Å². The van der Waals surface area contributed by atoms with Crippen LogP contribution < -0.4 is 15.5 Å². The molecule has 0 saturated carbocycles. The van der Waals surface area contributed by atoms with Crippen LogP contribution in [-0.2, 0) is 4.74 Å². The summed E-state index contributed by atoms with van der Waals surface area (Å²) in [6, 6.07) is 13.2. The van der Waals surface area contributed by atoms with Crippen LogP contribution in [0.1, 0.15) is 21.0 Å². The molecule has 0 bridgehead atoms. The molecule has 2 aromatic carbocycles. The number of rotatable bonds is 5. The molecule has 2 heterocycles. The van der Waals surface area contributed by atoms with Crippen molar-refractivity contribution in [1.29, 1.82) is 0 Å². The third-order valence-corrected chi connectivity index (χ3v) is 4.68. The Morgan fingerprint density at radius 3 is 1.87 bits per heavy atom. The Morgan fingerprint density at radius 2 is 1.39 bits per heavy atom. The average Bonchev–Trinajstić information content (AvgIpc) is 3.21. The van der Waals surface area contributed by atoms with Gasteiger partial charge in [-0.15, -0.1) is 0 Å². The second-order valence-electron chi connectivity index (χ2n) is 6.48. The smallest absolute Gasteiger partial charge is 0.414 e. The van der Waals surface area contributed by atoms with Gasteiger partial charge >= 0.3 is 6.09 Å². The first-order chi connectivity index (χ1) is 15.0. The van der Waals surface area contributed by atoms with Crippen molar-refractivity contribution in [1.82, 2.24) is 9.97 Å². The van der Waals surface area contributed by atoms with E-state index in [1.54, 1.807) is 48.5 Å². The van der Waals surface area contributed by atoms with Crippen molar-refractivity contribution in [3.05, 3.63) is 77.3 Å². The van der Waals surface area contributed by atoms with Gasteiger partial charge < -0.3 is 15.4 Å². The van der Waals surface area contributed by atoms with Crippen LogP contribution in [0.2, 0.25) is 5.02 Å². The molecule has 0 radical (unpaired) electrons. The second-order valence-corrected chi connectivity index (χ2v) is 6.92. The minimum atomic E-state index is -0.595. The number of carbonyl (C=O) groups is 3. The van der Waals surface area contributed by atoms with E-state index in [0.29, 0.717) is 35.2 Å². The number of carbonyl (C=O) groups excluding carboxylic acids is 3. The number of hydrogen-bond donors (Lipinski definition) is 2. The average molecular weight is 438 g/mol. The Kier molecular flexibility index (Phi) is 5.76. The molecule has 1 saturated heterocycles. The number of nitrogens with zero attached hydrogens (tertiary/aromatic N) is 3. The first-order valence-corrected chi connectivity index (χ1v) is 9.63. The third kappa shape index (κ3) is 4.62. The van der Waals surface area contributed by atoms with E-state index >= 15 is 0 Å². The predicted molar refractivity (Wildman–Crippen MR) is 115 cm³/mol. The topological polar surface area (TPSA) is 114 Å². The maximum Gasteiger partial charge on any atom is 0.414 e. The lowest BCUT2D eigenvalue weighted by atomic mass is 10.2. The standard InChI is InChI=1S/C21H16ClN5O4/c22-13-1-3-14(4-2-13)25-19(28)17-18(24-10-9-23-17)20(29)26-15-5-7-16(8-6-15)27-11-12-31-21(27)30/h1-10H,11-12H2,(H,25,28)(H,26,29). The molecule has 0 aliphatic carbocycles. The Labute approximate surface area is 182 Å². The molecule has 1 aliphatic heterocycles. The first kappa shape index (κ1) is 20.3. The molecule has 10 heteroatoms. The van der Waals surface area contributed by atoms with Crippen molar-refractivity contribution in [2.24, 2.45) is 0 Å². The predicted octanol–water partition coefficient (Wildman–Crippen LogP) is 3.59. The number of halogens is 1. The van der Waals surface area contributed by atoms with Gasteiger partial charge in [0.1, 0.15) is 6.61 Å². The van der Waals surface area contributed by atoms with Gasteiger partial charge in [0.25, 0.3) is 11.8 Å². The van der Waals surface area contributed by atoms with Crippen LogP contribution in [0.3, 0.4) is 0 Å². The molecule has 3 amide bonds. The minimum absolute atomic E-state index is 0.119. The molecule has 31 heavy (non-hydrogen) atoms. The zero-order valence-electron chi connectivity index (χ0n) is 16.0. The maximum atomic E-state index is 12.7. The lowest BCUT2D eigenvalue weighted by Gasteiger charge is -2.13. The summed E-state index contributed by atoms with van der Waals surface area (Å²) >= 11 is 5.85. The van der Waals surface area contributed by atoms with E-state index in [9.17, 15) is 14.4 Å². The van der Waals surface area contributed by atoms with Gasteiger partial charge in [-0.1, -0.05) is 11.6 Å². The summed E-state index contributed by atoms with van der Waals surface area (Å²) in [6.45, 7) is 0.807. The van der Waals surface area contributed by atoms with E-state index in [4.69, 9.17) is 16.3 Å². The van der Waals surface area contributed by atoms with Gasteiger partial charge in [-0.25, -0.2) is 14.8 Å². The van der Waals surface area contributed by atoms with Gasteiger partial charge in [-0.3, -0.25) is 14.5 Å². The second kappa shape index (κ2) is 8.80. The number of ether oxygens (including phenoxy) is 1. The van der Waals surface area contributed by atoms with E-state index in [0.717, 1.165) is 0 Å². The lowest BCUT2D eigenvalue weighted by Crippen LogP contribution is -2.24. The SMILES string of the molecule is O=C(Nc1ccc(Cl)cc1)c1nccnc1C(=O)Nc1ccc(N2CCOC2=O)cc1. The zero-order valence-corrected chi connectivity index (χ0v) is 16.8. The highest BCUT2D eigenvalue weighted by Crippen LogP contribution is 2.21. The summed E-state index contributed by atoms with van der Waals surface area (Å²) in [4.78, 5) is 46.5. The molecule has 1 fully saturated rings. The molecule has 1 aromatic heterocycles. The van der Waals surface area contributed by atoms with Gasteiger partial charge in [0.15, 0.2) is 11.4 Å². The van der Waals surface area contributed by atoms with Crippen molar-refractivity contribution in [2.45, 2.75) is 0 Å². The van der Waals surface area contributed by atoms with E-state index in [1.807, 2.05) is 0 Å². The van der Waals surface area contributed by atoms with Crippen LogP contribution in [0.4, 0.5) is 21.9 Å². The van der Waals surface area contributed by atoms with Crippen molar-refractivity contribution in [3.8, 4) is 0 Å². The molecule has 156 valence electrons. The fourth-order valence-electron chi connectivity index (χ4n) is 2.94. The highest BCUT2D eigenvalue weighted by Gasteiger charge is 2.24. The van der Waals surface area contributed by atoms with Crippen molar-refractivity contribution in [3.63, 3.8) is 0 Å². The Morgan fingerprint density at radius 1 is 0.871 bits per heavy atom. The van der Waals surface area contributed by atoms with Gasteiger partial charge in [0, 0.05) is 34.5 Å². The summed E-state index contributed by atoms with van der Waals surface area (Å²) in [5.74, 6) is -1.17. The number of amides is 3. The Balaban J connectivity index is 1.48. The Hall–Kier alpha value is -3.98. The van der Waals surface area contributed by atoms with Crippen molar-refractivity contribution < 1.29 is 19.1 Å². The first-order valence-electron chi connectivity index (χ1n) is 9.25.